The number of hydrogen-bond donors (Lipinski definition) is 1. The number of benzene rings is 4. The Morgan fingerprint density at radius 3 is 1.97 bits per heavy atom. The van der Waals surface area contributed by atoms with Gasteiger partial charge < -0.3 is 10.1 Å². The Morgan fingerprint density at radius 1 is 0.848 bits per heavy atom. The predicted octanol–water partition coefficient (Wildman–Crippen LogP) is 4.13. The Morgan fingerprint density at radius 2 is 1.39 bits per heavy atom. The molecular formula is C26H23NO5S. The molecule has 6 nitrogen and oxygen atoms in total. The first-order chi connectivity index (χ1) is 15.9. The van der Waals surface area contributed by atoms with E-state index in [1.165, 1.54) is 19.2 Å². The summed E-state index contributed by atoms with van der Waals surface area (Å²) in [6.07, 6.45) is -0.113. The number of nitrogens with one attached hydrogen (secondary N) is 1. The van der Waals surface area contributed by atoms with Crippen molar-refractivity contribution < 1.29 is 22.7 Å². The van der Waals surface area contributed by atoms with Gasteiger partial charge in [-0.1, -0.05) is 66.7 Å². The molecule has 0 spiro atoms. The zero-order valence-corrected chi connectivity index (χ0v) is 18.8. The van der Waals surface area contributed by atoms with Crippen molar-refractivity contribution in [1.29, 1.82) is 0 Å². The molecule has 0 heterocycles. The lowest BCUT2D eigenvalue weighted by Gasteiger charge is -2.18. The lowest BCUT2D eigenvalue weighted by molar-refractivity contribution is -0.142. The summed E-state index contributed by atoms with van der Waals surface area (Å²) in [4.78, 5) is 26.0. The van der Waals surface area contributed by atoms with Gasteiger partial charge in [0.1, 0.15) is 6.04 Å². The molecule has 0 bridgehead atoms. The highest BCUT2D eigenvalue weighted by molar-refractivity contribution is 7.91. The molecular weight excluding hydrogens is 438 g/mol. The Kier molecular flexibility index (Phi) is 6.42. The maximum Gasteiger partial charge on any atom is 0.328 e. The molecule has 0 radical (unpaired) electrons. The van der Waals surface area contributed by atoms with Crippen molar-refractivity contribution in [2.24, 2.45) is 0 Å². The normalized spacial score (nSPS) is 12.4. The van der Waals surface area contributed by atoms with Crippen molar-refractivity contribution in [3.05, 3.63) is 90.5 Å². The molecule has 1 amide bonds. The second-order valence-corrected chi connectivity index (χ2v) is 9.77. The van der Waals surface area contributed by atoms with E-state index in [4.69, 9.17) is 4.74 Å². The third-order valence-electron chi connectivity index (χ3n) is 5.57. The second kappa shape index (κ2) is 9.42. The molecule has 33 heavy (non-hydrogen) atoms. The van der Waals surface area contributed by atoms with Crippen LogP contribution in [0.25, 0.3) is 21.5 Å². The van der Waals surface area contributed by atoms with E-state index in [0.717, 1.165) is 21.5 Å². The van der Waals surface area contributed by atoms with Crippen molar-refractivity contribution in [3.8, 4) is 0 Å². The maximum atomic E-state index is 13.4. The number of hydrogen-bond acceptors (Lipinski definition) is 5. The van der Waals surface area contributed by atoms with E-state index >= 15 is 0 Å². The van der Waals surface area contributed by atoms with E-state index in [-0.39, 0.29) is 17.1 Å². The van der Waals surface area contributed by atoms with Gasteiger partial charge in [-0.2, -0.15) is 0 Å². The fraction of sp³-hybridized carbons (Fsp3) is 0.154. The summed E-state index contributed by atoms with van der Waals surface area (Å²) in [6, 6.07) is 23.9. The molecule has 168 valence electrons. The van der Waals surface area contributed by atoms with Gasteiger partial charge in [-0.3, -0.25) is 4.79 Å². The quantitative estimate of drug-likeness (QED) is 0.330. The summed E-state index contributed by atoms with van der Waals surface area (Å²) in [5, 5.41) is 5.99. The molecule has 7 heteroatoms. The number of rotatable bonds is 7. The minimum absolute atomic E-state index is 0.113. The molecule has 1 N–H and O–H groups in total. The number of carbonyl (C=O) groups is 2. The standard InChI is InChI=1S/C26H23NO5S/c1-32-26(29)23(15-16-33(30,31)20-11-3-2-4-12-20)27-25(28)24-21-13-7-5-9-18(21)17-19-10-6-8-14-22(19)24/h2-14,17,23H,15-16H2,1H3,(H,27,28)/t23-/m0/s1. The Balaban J connectivity index is 1.66. The van der Waals surface area contributed by atoms with Gasteiger partial charge in [0.05, 0.1) is 23.3 Å². The first-order valence-corrected chi connectivity index (χ1v) is 12.1. The van der Waals surface area contributed by atoms with Crippen LogP contribution >= 0.6 is 0 Å². The van der Waals surface area contributed by atoms with Crippen LogP contribution in [0.2, 0.25) is 0 Å². The van der Waals surface area contributed by atoms with Gasteiger partial charge in [-0.15, -0.1) is 0 Å². The minimum atomic E-state index is -3.63. The molecule has 0 aliphatic rings. The van der Waals surface area contributed by atoms with E-state index in [2.05, 4.69) is 5.32 Å². The predicted molar refractivity (Wildman–Crippen MR) is 128 cm³/mol. The van der Waals surface area contributed by atoms with Crippen LogP contribution in [0, 0.1) is 0 Å². The van der Waals surface area contributed by atoms with Crippen molar-refractivity contribution in [3.63, 3.8) is 0 Å². The molecule has 4 rings (SSSR count). The van der Waals surface area contributed by atoms with Gasteiger partial charge in [0, 0.05) is 0 Å². The van der Waals surface area contributed by atoms with Crippen molar-refractivity contribution >= 4 is 43.3 Å². The Hall–Kier alpha value is -3.71. The number of ether oxygens (including phenoxy) is 1. The van der Waals surface area contributed by atoms with E-state index in [1.54, 1.807) is 18.2 Å². The van der Waals surface area contributed by atoms with E-state index in [0.29, 0.717) is 5.56 Å². The van der Waals surface area contributed by atoms with Crippen LogP contribution in [0.5, 0.6) is 0 Å². The average Bonchev–Trinajstić information content (AvgIpc) is 2.84. The molecule has 4 aromatic carbocycles. The highest BCUT2D eigenvalue weighted by Gasteiger charge is 2.27. The van der Waals surface area contributed by atoms with E-state index in [1.807, 2.05) is 54.6 Å². The van der Waals surface area contributed by atoms with Gasteiger partial charge >= 0.3 is 5.97 Å². The minimum Gasteiger partial charge on any atom is -0.467 e. The third-order valence-corrected chi connectivity index (χ3v) is 7.33. The fourth-order valence-corrected chi connectivity index (χ4v) is 5.25. The lowest BCUT2D eigenvalue weighted by atomic mass is 9.96. The zero-order valence-electron chi connectivity index (χ0n) is 18.0. The smallest absolute Gasteiger partial charge is 0.328 e. The summed E-state index contributed by atoms with van der Waals surface area (Å²) in [7, 11) is -2.42. The van der Waals surface area contributed by atoms with Crippen molar-refractivity contribution in [2.75, 3.05) is 12.9 Å². The van der Waals surface area contributed by atoms with E-state index < -0.39 is 27.8 Å². The van der Waals surface area contributed by atoms with Crippen molar-refractivity contribution in [1.82, 2.24) is 5.32 Å². The number of esters is 1. The molecule has 4 aromatic rings. The molecule has 0 saturated carbocycles. The Bertz CT molecular complexity index is 1380. The van der Waals surface area contributed by atoms with Crippen LogP contribution in [0.15, 0.2) is 89.8 Å². The van der Waals surface area contributed by atoms with Crippen LogP contribution in [-0.2, 0) is 19.4 Å². The molecule has 0 saturated heterocycles. The van der Waals surface area contributed by atoms with Crippen LogP contribution in [-0.4, -0.2) is 39.2 Å². The summed E-state index contributed by atoms with van der Waals surface area (Å²) in [5.41, 5.74) is 0.434. The van der Waals surface area contributed by atoms with E-state index in [9.17, 15) is 18.0 Å². The monoisotopic (exact) mass is 461 g/mol. The number of carbonyl (C=O) groups excluding carboxylic acids is 2. The van der Waals surface area contributed by atoms with Gasteiger partial charge in [0.25, 0.3) is 5.91 Å². The SMILES string of the molecule is COC(=O)[C@H](CCS(=O)(=O)c1ccccc1)NC(=O)c1c2ccccc2cc2ccccc12. The van der Waals surface area contributed by atoms with Gasteiger partial charge in [-0.05, 0) is 46.2 Å². The lowest BCUT2D eigenvalue weighted by Crippen LogP contribution is -2.42. The molecule has 0 unspecified atom stereocenters. The van der Waals surface area contributed by atoms with Gasteiger partial charge in [0.15, 0.2) is 9.84 Å². The summed E-state index contributed by atoms with van der Waals surface area (Å²) in [5.74, 6) is -1.47. The number of sulfone groups is 1. The van der Waals surface area contributed by atoms with Gasteiger partial charge in [0.2, 0.25) is 0 Å². The average molecular weight is 462 g/mol. The molecule has 1 atom stereocenters. The zero-order chi connectivity index (χ0) is 23.4. The molecule has 0 aliphatic carbocycles. The largest absolute Gasteiger partial charge is 0.467 e. The molecule has 0 aromatic heterocycles. The fourth-order valence-electron chi connectivity index (χ4n) is 3.90. The van der Waals surface area contributed by atoms with Gasteiger partial charge in [-0.25, -0.2) is 13.2 Å². The topological polar surface area (TPSA) is 89.5 Å². The highest BCUT2D eigenvalue weighted by Crippen LogP contribution is 2.28. The van der Waals surface area contributed by atoms with Crippen LogP contribution in [0.3, 0.4) is 0 Å². The molecule has 0 aliphatic heterocycles. The second-order valence-electron chi connectivity index (χ2n) is 7.66. The summed E-state index contributed by atoms with van der Waals surface area (Å²) >= 11 is 0. The summed E-state index contributed by atoms with van der Waals surface area (Å²) in [6.45, 7) is 0. The maximum absolute atomic E-state index is 13.4. The first kappa shape index (κ1) is 22.5. The molecule has 0 fully saturated rings. The van der Waals surface area contributed by atoms with Crippen LogP contribution < -0.4 is 5.32 Å². The first-order valence-electron chi connectivity index (χ1n) is 10.5. The highest BCUT2D eigenvalue weighted by atomic mass is 32.2. The summed E-state index contributed by atoms with van der Waals surface area (Å²) < 4.78 is 30.2. The third kappa shape index (κ3) is 4.73. The van der Waals surface area contributed by atoms with Crippen LogP contribution in [0.1, 0.15) is 16.8 Å². The van der Waals surface area contributed by atoms with Crippen molar-refractivity contribution in [2.45, 2.75) is 17.4 Å². The number of methoxy groups -OCH3 is 1. The number of amides is 1. The number of fused-ring (bicyclic) bond motifs is 2. The Labute approximate surface area is 192 Å². The van der Waals surface area contributed by atoms with Crippen LogP contribution in [0.4, 0.5) is 0 Å².